The van der Waals surface area contributed by atoms with Crippen LogP contribution in [0.5, 0.6) is 0 Å². The van der Waals surface area contributed by atoms with Crippen molar-refractivity contribution in [3.05, 3.63) is 35.4 Å². The lowest BCUT2D eigenvalue weighted by molar-refractivity contribution is -0.126. The summed E-state index contributed by atoms with van der Waals surface area (Å²) in [6, 6.07) is 2.98. The minimum absolute atomic E-state index is 0.0325. The van der Waals surface area contributed by atoms with Gasteiger partial charge in [-0.3, -0.25) is 9.59 Å². The topological polar surface area (TPSA) is 52.7 Å². The molecule has 0 aliphatic carbocycles. The van der Waals surface area contributed by atoms with Crippen molar-refractivity contribution in [2.75, 3.05) is 39.3 Å². The van der Waals surface area contributed by atoms with Gasteiger partial charge in [-0.1, -0.05) is 6.92 Å². The lowest BCUT2D eigenvalue weighted by Crippen LogP contribution is -2.45. The third kappa shape index (κ3) is 5.28. The highest BCUT2D eigenvalue weighted by Crippen LogP contribution is 2.21. The molecule has 1 unspecified atom stereocenters. The minimum Gasteiger partial charge on any atom is -0.355 e. The molecule has 0 aromatic heterocycles. The first-order valence-electron chi connectivity index (χ1n) is 10.2. The fourth-order valence-corrected chi connectivity index (χ4v) is 4.15. The number of rotatable bonds is 5. The lowest BCUT2D eigenvalue weighted by atomic mass is 9.95. The highest BCUT2D eigenvalue weighted by atomic mass is 19.1. The molecular weight excluding hydrogens is 364 g/mol. The molecule has 2 aliphatic rings. The fourth-order valence-electron chi connectivity index (χ4n) is 4.15. The summed E-state index contributed by atoms with van der Waals surface area (Å²) < 4.78 is 26.8. The SMILES string of the molecule is CC1CCCN(CCNC(=O)C2CCN(C(=O)c3ccc(F)cc3F)CC2)C1. The first-order valence-corrected chi connectivity index (χ1v) is 10.2. The molecule has 2 amide bonds. The van der Waals surface area contributed by atoms with E-state index in [1.165, 1.54) is 23.8 Å². The van der Waals surface area contributed by atoms with Gasteiger partial charge in [0, 0.05) is 44.7 Å². The summed E-state index contributed by atoms with van der Waals surface area (Å²) in [6.07, 6.45) is 3.61. The van der Waals surface area contributed by atoms with Crippen molar-refractivity contribution < 1.29 is 18.4 Å². The predicted octanol–water partition coefficient (Wildman–Crippen LogP) is 2.67. The zero-order chi connectivity index (χ0) is 20.1. The van der Waals surface area contributed by atoms with E-state index in [4.69, 9.17) is 0 Å². The molecule has 1 atom stereocenters. The van der Waals surface area contributed by atoms with Crippen molar-refractivity contribution in [2.45, 2.75) is 32.6 Å². The van der Waals surface area contributed by atoms with Crippen LogP contribution in [-0.4, -0.2) is 60.9 Å². The van der Waals surface area contributed by atoms with Crippen molar-refractivity contribution >= 4 is 11.8 Å². The van der Waals surface area contributed by atoms with E-state index < -0.39 is 17.5 Å². The number of carbonyl (C=O) groups excluding carboxylic acids is 2. The highest BCUT2D eigenvalue weighted by Gasteiger charge is 2.29. The van der Waals surface area contributed by atoms with Crippen LogP contribution < -0.4 is 5.32 Å². The summed E-state index contributed by atoms with van der Waals surface area (Å²) in [5, 5.41) is 3.02. The van der Waals surface area contributed by atoms with Crippen LogP contribution in [0.25, 0.3) is 0 Å². The Morgan fingerprint density at radius 1 is 1.14 bits per heavy atom. The number of piperidine rings is 2. The molecule has 0 spiro atoms. The van der Waals surface area contributed by atoms with Gasteiger partial charge in [-0.2, -0.15) is 0 Å². The predicted molar refractivity (Wildman–Crippen MR) is 103 cm³/mol. The second-order valence-corrected chi connectivity index (χ2v) is 8.03. The molecule has 1 N–H and O–H groups in total. The van der Waals surface area contributed by atoms with Crippen molar-refractivity contribution in [2.24, 2.45) is 11.8 Å². The molecule has 0 radical (unpaired) electrons. The van der Waals surface area contributed by atoms with Crippen LogP contribution in [-0.2, 0) is 4.79 Å². The molecule has 0 bridgehead atoms. The van der Waals surface area contributed by atoms with Gasteiger partial charge >= 0.3 is 0 Å². The van der Waals surface area contributed by atoms with Gasteiger partial charge in [0.2, 0.25) is 5.91 Å². The third-order valence-corrected chi connectivity index (χ3v) is 5.78. The number of benzene rings is 1. The fraction of sp³-hybridized carbons (Fsp3) is 0.619. The largest absolute Gasteiger partial charge is 0.355 e. The Balaban J connectivity index is 1.41. The van der Waals surface area contributed by atoms with Gasteiger partial charge in [0.1, 0.15) is 11.6 Å². The second kappa shape index (κ2) is 9.45. The first-order chi connectivity index (χ1) is 13.4. The Morgan fingerprint density at radius 2 is 1.89 bits per heavy atom. The number of likely N-dealkylation sites (tertiary alicyclic amines) is 2. The molecule has 1 aromatic rings. The summed E-state index contributed by atoms with van der Waals surface area (Å²) in [5.41, 5.74) is -0.125. The van der Waals surface area contributed by atoms with Gasteiger partial charge in [-0.15, -0.1) is 0 Å². The number of hydrogen-bond donors (Lipinski definition) is 1. The number of nitrogens with one attached hydrogen (secondary N) is 1. The summed E-state index contributed by atoms with van der Waals surface area (Å²) >= 11 is 0. The number of halogens is 2. The summed E-state index contributed by atoms with van der Waals surface area (Å²) in [7, 11) is 0. The van der Waals surface area contributed by atoms with E-state index in [0.29, 0.717) is 32.5 Å². The summed E-state index contributed by atoms with van der Waals surface area (Å²) in [4.78, 5) is 28.8. The standard InChI is InChI=1S/C21H29F2N3O2/c1-15-3-2-9-25(14-15)12-8-24-20(27)16-6-10-26(11-7-16)21(28)18-5-4-17(22)13-19(18)23/h4-5,13,15-16H,2-3,6-12,14H2,1H3,(H,24,27). The van der Waals surface area contributed by atoms with Gasteiger partial charge in [0.05, 0.1) is 5.56 Å². The highest BCUT2D eigenvalue weighted by molar-refractivity contribution is 5.94. The summed E-state index contributed by atoms with van der Waals surface area (Å²) in [6.45, 7) is 6.77. The van der Waals surface area contributed by atoms with E-state index in [1.807, 2.05) is 0 Å². The van der Waals surface area contributed by atoms with Gasteiger partial charge in [0.25, 0.3) is 5.91 Å². The quantitative estimate of drug-likeness (QED) is 0.837. The maximum absolute atomic E-state index is 13.8. The van der Waals surface area contributed by atoms with Crippen LogP contribution in [0.15, 0.2) is 18.2 Å². The van der Waals surface area contributed by atoms with Crippen LogP contribution in [0, 0.1) is 23.5 Å². The Morgan fingerprint density at radius 3 is 2.57 bits per heavy atom. The van der Waals surface area contributed by atoms with E-state index >= 15 is 0 Å². The molecular formula is C21H29F2N3O2. The van der Waals surface area contributed by atoms with E-state index in [2.05, 4.69) is 17.1 Å². The molecule has 2 saturated heterocycles. The Kier molecular flexibility index (Phi) is 6.99. The van der Waals surface area contributed by atoms with E-state index in [-0.39, 0.29) is 17.4 Å². The van der Waals surface area contributed by atoms with E-state index in [0.717, 1.165) is 37.7 Å². The second-order valence-electron chi connectivity index (χ2n) is 8.03. The van der Waals surface area contributed by atoms with E-state index in [1.54, 1.807) is 0 Å². The molecule has 2 aliphatic heterocycles. The zero-order valence-electron chi connectivity index (χ0n) is 16.4. The van der Waals surface area contributed by atoms with Crippen molar-refractivity contribution in [3.8, 4) is 0 Å². The normalized spacial score (nSPS) is 21.5. The molecule has 2 heterocycles. The average molecular weight is 393 g/mol. The van der Waals surface area contributed by atoms with Crippen molar-refractivity contribution in [1.29, 1.82) is 0 Å². The lowest BCUT2D eigenvalue weighted by Gasteiger charge is -2.32. The maximum Gasteiger partial charge on any atom is 0.256 e. The monoisotopic (exact) mass is 393 g/mol. The van der Waals surface area contributed by atoms with Crippen molar-refractivity contribution in [3.63, 3.8) is 0 Å². The number of carbonyl (C=O) groups is 2. The van der Waals surface area contributed by atoms with E-state index in [9.17, 15) is 18.4 Å². The third-order valence-electron chi connectivity index (χ3n) is 5.78. The molecule has 5 nitrogen and oxygen atoms in total. The molecule has 154 valence electrons. The molecule has 3 rings (SSSR count). The molecule has 2 fully saturated rings. The molecule has 0 saturated carbocycles. The van der Waals surface area contributed by atoms with Gasteiger partial charge in [-0.05, 0) is 50.3 Å². The van der Waals surface area contributed by atoms with Crippen LogP contribution in [0.3, 0.4) is 0 Å². The Bertz CT molecular complexity index is 705. The molecule has 7 heteroatoms. The van der Waals surface area contributed by atoms with Gasteiger partial charge < -0.3 is 15.1 Å². The Labute approximate surface area is 165 Å². The number of hydrogen-bond acceptors (Lipinski definition) is 3. The van der Waals surface area contributed by atoms with Crippen LogP contribution >= 0.6 is 0 Å². The van der Waals surface area contributed by atoms with Gasteiger partial charge in [0.15, 0.2) is 0 Å². The number of nitrogens with zero attached hydrogens (tertiary/aromatic N) is 2. The first kappa shape index (κ1) is 20.7. The van der Waals surface area contributed by atoms with Crippen LogP contribution in [0.4, 0.5) is 8.78 Å². The molecule has 1 aromatic carbocycles. The zero-order valence-corrected chi connectivity index (χ0v) is 16.4. The number of amides is 2. The molecule has 28 heavy (non-hydrogen) atoms. The van der Waals surface area contributed by atoms with Crippen LogP contribution in [0.2, 0.25) is 0 Å². The van der Waals surface area contributed by atoms with Crippen molar-refractivity contribution in [1.82, 2.24) is 15.1 Å². The average Bonchev–Trinajstić information content (AvgIpc) is 2.67. The smallest absolute Gasteiger partial charge is 0.256 e. The Hall–Kier alpha value is -2.02. The maximum atomic E-state index is 13.8. The van der Waals surface area contributed by atoms with Crippen LogP contribution in [0.1, 0.15) is 43.0 Å². The van der Waals surface area contributed by atoms with Gasteiger partial charge in [-0.25, -0.2) is 8.78 Å². The summed E-state index contributed by atoms with van der Waals surface area (Å²) in [5.74, 6) is -1.37. The minimum atomic E-state index is -0.850.